The lowest BCUT2D eigenvalue weighted by molar-refractivity contribution is 0.0676. The van der Waals surface area contributed by atoms with Crippen LogP contribution in [-0.2, 0) is 0 Å². The van der Waals surface area contributed by atoms with Crippen molar-refractivity contribution < 1.29 is 19.8 Å². The molecular weight excluding hydrogens is 176 g/mol. The fraction of sp³-hybridized carbons (Fsp3) is 0. The van der Waals surface area contributed by atoms with Crippen molar-refractivity contribution in [1.82, 2.24) is 4.98 Å². The number of aromatic carboxylic acids is 2. The number of hydrogen-bond acceptors (Lipinski definition) is 4. The number of aromatic nitrogens is 1. The van der Waals surface area contributed by atoms with Crippen LogP contribution in [0.1, 0.15) is 20.8 Å². The van der Waals surface area contributed by atoms with Crippen LogP contribution < -0.4 is 5.73 Å². The Kier molecular flexibility index (Phi) is 2.14. The summed E-state index contributed by atoms with van der Waals surface area (Å²) in [5, 5.41) is 17.0. The van der Waals surface area contributed by atoms with Gasteiger partial charge in [0.05, 0.1) is 5.69 Å². The van der Waals surface area contributed by atoms with E-state index >= 15 is 0 Å². The molecule has 4 N–H and O–H groups in total. The van der Waals surface area contributed by atoms with Gasteiger partial charge in [-0.2, -0.15) is 0 Å². The summed E-state index contributed by atoms with van der Waals surface area (Å²) in [5.74, 6) is -2.48. The smallest absolute Gasteiger partial charge is 0.354 e. The van der Waals surface area contributed by atoms with Crippen LogP contribution in [0.5, 0.6) is 0 Å². The number of carboxylic acids is 2. The minimum Gasteiger partial charge on any atom is -0.478 e. The Hall–Kier alpha value is -2.11. The molecule has 6 heteroatoms. The summed E-state index contributed by atoms with van der Waals surface area (Å²) in [6, 6.07) is 1.01. The summed E-state index contributed by atoms with van der Waals surface area (Å²) in [4.78, 5) is 24.2. The first kappa shape index (κ1) is 8.98. The van der Waals surface area contributed by atoms with E-state index in [-0.39, 0.29) is 16.9 Å². The van der Waals surface area contributed by atoms with E-state index in [1.54, 1.807) is 0 Å². The Morgan fingerprint density at radius 1 is 1.31 bits per heavy atom. The van der Waals surface area contributed by atoms with Crippen LogP contribution in [0, 0.1) is 0 Å². The number of nitrogen functional groups attached to an aromatic ring is 1. The molecular formula is C7H6N2O4. The van der Waals surface area contributed by atoms with Crippen molar-refractivity contribution in [1.29, 1.82) is 0 Å². The van der Waals surface area contributed by atoms with Crippen molar-refractivity contribution in [2.45, 2.75) is 0 Å². The molecule has 6 nitrogen and oxygen atoms in total. The third-order valence-electron chi connectivity index (χ3n) is 1.39. The molecule has 0 aromatic carbocycles. The number of rotatable bonds is 2. The summed E-state index contributed by atoms with van der Waals surface area (Å²) in [7, 11) is 0. The first-order valence-corrected chi connectivity index (χ1v) is 3.24. The molecule has 1 aromatic rings. The maximum absolute atomic E-state index is 10.4. The first-order valence-electron chi connectivity index (χ1n) is 3.24. The molecule has 0 spiro atoms. The molecule has 1 rings (SSSR count). The molecule has 0 bridgehead atoms. The Morgan fingerprint density at radius 3 is 2.31 bits per heavy atom. The van der Waals surface area contributed by atoms with Crippen LogP contribution in [-0.4, -0.2) is 27.1 Å². The summed E-state index contributed by atoms with van der Waals surface area (Å²) >= 11 is 0. The molecule has 1 heterocycles. The van der Waals surface area contributed by atoms with Crippen LogP contribution in [0.25, 0.3) is 0 Å². The van der Waals surface area contributed by atoms with Gasteiger partial charge >= 0.3 is 11.9 Å². The van der Waals surface area contributed by atoms with Gasteiger partial charge < -0.3 is 15.9 Å². The van der Waals surface area contributed by atoms with Gasteiger partial charge in [0, 0.05) is 6.20 Å². The minimum absolute atomic E-state index is 0.111. The fourth-order valence-electron chi connectivity index (χ4n) is 0.767. The lowest BCUT2D eigenvalue weighted by atomic mass is 10.2. The first-order chi connectivity index (χ1) is 6.02. The van der Waals surface area contributed by atoms with Gasteiger partial charge in [0.25, 0.3) is 0 Å². The van der Waals surface area contributed by atoms with Gasteiger partial charge in [-0.3, -0.25) is 0 Å². The monoisotopic (exact) mass is 182 g/mol. The fourth-order valence-corrected chi connectivity index (χ4v) is 0.767. The largest absolute Gasteiger partial charge is 0.478 e. The average molecular weight is 182 g/mol. The van der Waals surface area contributed by atoms with Crippen LogP contribution >= 0.6 is 0 Å². The van der Waals surface area contributed by atoms with Crippen LogP contribution in [0.2, 0.25) is 0 Å². The van der Waals surface area contributed by atoms with Crippen molar-refractivity contribution >= 4 is 17.6 Å². The van der Waals surface area contributed by atoms with Crippen molar-refractivity contribution in [2.24, 2.45) is 0 Å². The Labute approximate surface area is 72.6 Å². The SMILES string of the molecule is Nc1cc(C(=O)O)ncc1C(=O)O. The Bertz CT molecular complexity index is 375. The quantitative estimate of drug-likeness (QED) is 0.595. The molecule has 0 aliphatic rings. The Balaban J connectivity index is 3.20. The highest BCUT2D eigenvalue weighted by molar-refractivity contribution is 5.95. The Morgan fingerprint density at radius 2 is 1.92 bits per heavy atom. The molecule has 13 heavy (non-hydrogen) atoms. The van der Waals surface area contributed by atoms with Crippen molar-refractivity contribution in [3.8, 4) is 0 Å². The number of anilines is 1. The van der Waals surface area contributed by atoms with E-state index in [1.165, 1.54) is 0 Å². The van der Waals surface area contributed by atoms with Gasteiger partial charge in [0.1, 0.15) is 11.3 Å². The molecule has 1 aromatic heterocycles. The molecule has 0 atom stereocenters. The van der Waals surface area contributed by atoms with Crippen molar-refractivity contribution in [3.63, 3.8) is 0 Å². The van der Waals surface area contributed by atoms with E-state index in [4.69, 9.17) is 15.9 Å². The third kappa shape index (κ3) is 1.73. The van der Waals surface area contributed by atoms with E-state index in [0.29, 0.717) is 0 Å². The van der Waals surface area contributed by atoms with Gasteiger partial charge in [-0.15, -0.1) is 0 Å². The normalized spacial score (nSPS) is 9.54. The highest BCUT2D eigenvalue weighted by atomic mass is 16.4. The molecule has 0 saturated heterocycles. The third-order valence-corrected chi connectivity index (χ3v) is 1.39. The number of hydrogen-bond donors (Lipinski definition) is 3. The second kappa shape index (κ2) is 3.10. The second-order valence-corrected chi connectivity index (χ2v) is 2.27. The molecule has 0 aliphatic carbocycles. The highest BCUT2D eigenvalue weighted by Gasteiger charge is 2.11. The zero-order chi connectivity index (χ0) is 10.0. The molecule has 0 amide bonds. The summed E-state index contributed by atoms with van der Waals surface area (Å²) in [5.41, 5.74) is 4.69. The van der Waals surface area contributed by atoms with Gasteiger partial charge in [0.2, 0.25) is 0 Å². The maximum Gasteiger partial charge on any atom is 0.354 e. The number of pyridine rings is 1. The zero-order valence-corrected chi connectivity index (χ0v) is 6.39. The molecule has 0 unspecified atom stereocenters. The lowest BCUT2D eigenvalue weighted by Gasteiger charge is -2.00. The van der Waals surface area contributed by atoms with E-state index in [9.17, 15) is 9.59 Å². The summed E-state index contributed by atoms with van der Waals surface area (Å²) < 4.78 is 0. The summed E-state index contributed by atoms with van der Waals surface area (Å²) in [6.45, 7) is 0. The van der Waals surface area contributed by atoms with E-state index in [2.05, 4.69) is 4.98 Å². The number of carboxylic acid groups (broad SMARTS) is 2. The second-order valence-electron chi connectivity index (χ2n) is 2.27. The molecule has 0 radical (unpaired) electrons. The number of nitrogens with two attached hydrogens (primary N) is 1. The molecule has 0 fully saturated rings. The molecule has 68 valence electrons. The topological polar surface area (TPSA) is 114 Å². The van der Waals surface area contributed by atoms with Crippen LogP contribution in [0.4, 0.5) is 5.69 Å². The maximum atomic E-state index is 10.4. The molecule has 0 aliphatic heterocycles. The predicted molar refractivity (Wildman–Crippen MR) is 42.6 cm³/mol. The van der Waals surface area contributed by atoms with E-state index in [0.717, 1.165) is 12.3 Å². The standard InChI is InChI=1S/C7H6N2O4/c8-4-1-5(7(12)13)9-2-3(4)6(10)11/h1-2H,(H2,8,9)(H,10,11)(H,12,13). The lowest BCUT2D eigenvalue weighted by Crippen LogP contribution is -2.07. The van der Waals surface area contributed by atoms with E-state index < -0.39 is 11.9 Å². The van der Waals surface area contributed by atoms with Gasteiger partial charge in [0.15, 0.2) is 0 Å². The zero-order valence-electron chi connectivity index (χ0n) is 6.39. The number of nitrogens with zero attached hydrogens (tertiary/aromatic N) is 1. The van der Waals surface area contributed by atoms with Gasteiger partial charge in [-0.05, 0) is 6.07 Å². The predicted octanol–water partition coefficient (Wildman–Crippen LogP) is 0.0602. The van der Waals surface area contributed by atoms with Crippen LogP contribution in [0.3, 0.4) is 0 Å². The number of carbonyl (C=O) groups is 2. The summed E-state index contributed by atoms with van der Waals surface area (Å²) in [6.07, 6.45) is 0.918. The average Bonchev–Trinajstić information content (AvgIpc) is 2.03. The van der Waals surface area contributed by atoms with Crippen LogP contribution in [0.15, 0.2) is 12.3 Å². The van der Waals surface area contributed by atoms with Crippen molar-refractivity contribution in [2.75, 3.05) is 5.73 Å². The van der Waals surface area contributed by atoms with Gasteiger partial charge in [-0.1, -0.05) is 0 Å². The molecule has 0 saturated carbocycles. The van der Waals surface area contributed by atoms with Crippen molar-refractivity contribution in [3.05, 3.63) is 23.5 Å². The highest BCUT2D eigenvalue weighted by Crippen LogP contribution is 2.11. The van der Waals surface area contributed by atoms with E-state index in [1.807, 2.05) is 0 Å². The minimum atomic E-state index is -1.25. The van der Waals surface area contributed by atoms with Gasteiger partial charge in [-0.25, -0.2) is 14.6 Å².